The molecule has 0 radical (unpaired) electrons. The van der Waals surface area contributed by atoms with Crippen LogP contribution in [0.2, 0.25) is 0 Å². The Morgan fingerprint density at radius 3 is 2.52 bits per heavy atom. The molecule has 9 heteroatoms. The third kappa shape index (κ3) is 3.51. The first kappa shape index (κ1) is 18.9. The van der Waals surface area contributed by atoms with Gasteiger partial charge in [-0.05, 0) is 38.0 Å². The van der Waals surface area contributed by atoms with Crippen LogP contribution in [-0.2, 0) is 6.42 Å². The van der Waals surface area contributed by atoms with Gasteiger partial charge in [-0.15, -0.1) is 8.78 Å². The lowest BCUT2D eigenvalue weighted by Gasteiger charge is -2.08. The number of hydrogen-bond donors (Lipinski definition) is 1. The lowest BCUT2D eigenvalue weighted by Crippen LogP contribution is -2.25. The lowest BCUT2D eigenvalue weighted by atomic mass is 10.1. The highest BCUT2D eigenvalue weighted by atomic mass is 19.3. The molecule has 0 bridgehead atoms. The van der Waals surface area contributed by atoms with Gasteiger partial charge in [0.1, 0.15) is 5.76 Å². The smallest absolute Gasteiger partial charge is 0.468 e. The summed E-state index contributed by atoms with van der Waals surface area (Å²) in [5, 5.41) is 2.69. The summed E-state index contributed by atoms with van der Waals surface area (Å²) in [4.78, 5) is 21.0. The minimum Gasteiger partial charge on any atom is -0.468 e. The molecular weight excluding hydrogens is 384 g/mol. The van der Waals surface area contributed by atoms with Crippen molar-refractivity contribution in [3.05, 3.63) is 53.2 Å². The normalized spacial score (nSPS) is 14.1. The number of carbonyl (C=O) groups is 1. The maximum atomic E-state index is 13.3. The van der Waals surface area contributed by atoms with Crippen LogP contribution < -0.4 is 14.8 Å². The van der Waals surface area contributed by atoms with E-state index < -0.39 is 6.29 Å². The van der Waals surface area contributed by atoms with E-state index in [1.807, 2.05) is 6.92 Å². The quantitative estimate of drug-likeness (QED) is 0.693. The third-order valence-corrected chi connectivity index (χ3v) is 4.58. The maximum absolute atomic E-state index is 13.3. The molecule has 0 saturated heterocycles. The van der Waals surface area contributed by atoms with E-state index in [4.69, 9.17) is 4.42 Å². The van der Waals surface area contributed by atoms with Crippen LogP contribution in [0.25, 0.3) is 11.3 Å². The number of nitrogens with one attached hydrogen (secondary N) is 1. The Morgan fingerprint density at radius 1 is 1.14 bits per heavy atom. The highest BCUT2D eigenvalue weighted by molar-refractivity contribution is 6.05. The number of benzene rings is 1. The number of nitrogens with zero attached hydrogens (tertiary/aromatic N) is 2. The van der Waals surface area contributed by atoms with E-state index >= 15 is 0 Å². The summed E-state index contributed by atoms with van der Waals surface area (Å²) in [7, 11) is 0. The highest BCUT2D eigenvalue weighted by Crippen LogP contribution is 2.44. The Hall–Kier alpha value is -3.49. The van der Waals surface area contributed by atoms with Crippen LogP contribution >= 0.6 is 0 Å². The summed E-state index contributed by atoms with van der Waals surface area (Å²) >= 11 is 0. The minimum atomic E-state index is -3.68. The van der Waals surface area contributed by atoms with Crippen LogP contribution in [0, 0.1) is 13.8 Å². The molecule has 2 aromatic heterocycles. The zero-order chi connectivity index (χ0) is 20.8. The van der Waals surface area contributed by atoms with Gasteiger partial charge in [-0.2, -0.15) is 0 Å². The Morgan fingerprint density at radius 2 is 1.86 bits per heavy atom. The third-order valence-electron chi connectivity index (χ3n) is 4.58. The second-order valence-electron chi connectivity index (χ2n) is 6.57. The Balaban J connectivity index is 1.56. The average Bonchev–Trinajstić information content (AvgIpc) is 3.19. The topological polar surface area (TPSA) is 86.5 Å². The molecule has 0 atom stereocenters. The van der Waals surface area contributed by atoms with Gasteiger partial charge < -0.3 is 19.2 Å². The second kappa shape index (κ2) is 6.84. The molecular formula is C20H17F2N3O4. The van der Waals surface area contributed by atoms with Crippen LogP contribution in [0.15, 0.2) is 35.2 Å². The highest BCUT2D eigenvalue weighted by Gasteiger charge is 2.43. The fraction of sp³-hybridized carbons (Fsp3) is 0.250. The molecule has 3 heterocycles. The standard InChI is InChI=1S/C20H17F2N3O4/c1-4-12-9-27-11(3)18(12)19(26)25-17-8-23-14(7-24-17)13-6-16-15(5-10(13)2)28-20(21,22)29-16/h5-9H,4H2,1-3H3,(H,24,25,26). The number of carbonyl (C=O) groups excluding carboxylic acids is 1. The van der Waals surface area contributed by atoms with Crippen molar-refractivity contribution in [2.45, 2.75) is 33.5 Å². The molecule has 0 spiro atoms. The number of amides is 1. The molecule has 1 N–H and O–H groups in total. The molecule has 7 nitrogen and oxygen atoms in total. The summed E-state index contributed by atoms with van der Waals surface area (Å²) in [5.74, 6) is 0.340. The molecule has 1 aliphatic rings. The van der Waals surface area contributed by atoms with Crippen molar-refractivity contribution in [3.63, 3.8) is 0 Å². The van der Waals surface area contributed by atoms with Gasteiger partial charge in [0, 0.05) is 11.1 Å². The van der Waals surface area contributed by atoms with Crippen molar-refractivity contribution in [1.82, 2.24) is 9.97 Å². The summed E-state index contributed by atoms with van der Waals surface area (Å²) in [6.45, 7) is 5.38. The zero-order valence-electron chi connectivity index (χ0n) is 15.9. The van der Waals surface area contributed by atoms with Crippen molar-refractivity contribution >= 4 is 11.7 Å². The Bertz CT molecular complexity index is 1090. The summed E-state index contributed by atoms with van der Waals surface area (Å²) in [6.07, 6.45) is 1.38. The number of anilines is 1. The molecule has 1 aliphatic heterocycles. The molecule has 29 heavy (non-hydrogen) atoms. The number of aryl methyl sites for hydroxylation is 3. The average molecular weight is 401 g/mol. The number of alkyl halides is 2. The molecule has 1 amide bonds. The van der Waals surface area contributed by atoms with E-state index in [1.165, 1.54) is 24.5 Å². The summed E-state index contributed by atoms with van der Waals surface area (Å²) in [5.41, 5.74) is 2.95. The molecule has 0 unspecified atom stereocenters. The van der Waals surface area contributed by atoms with Crippen LogP contribution in [0.3, 0.4) is 0 Å². The molecule has 4 rings (SSSR count). The lowest BCUT2D eigenvalue weighted by molar-refractivity contribution is -0.286. The van der Waals surface area contributed by atoms with Crippen molar-refractivity contribution in [3.8, 4) is 22.8 Å². The van der Waals surface area contributed by atoms with E-state index in [-0.39, 0.29) is 23.2 Å². The fourth-order valence-electron chi connectivity index (χ4n) is 3.15. The second-order valence-corrected chi connectivity index (χ2v) is 6.57. The first-order chi connectivity index (χ1) is 13.8. The van der Waals surface area contributed by atoms with Crippen molar-refractivity contribution in [2.24, 2.45) is 0 Å². The van der Waals surface area contributed by atoms with Gasteiger partial charge in [0.25, 0.3) is 5.91 Å². The van der Waals surface area contributed by atoms with Crippen molar-refractivity contribution in [1.29, 1.82) is 0 Å². The number of furan rings is 1. The van der Waals surface area contributed by atoms with Gasteiger partial charge in [-0.25, -0.2) is 4.98 Å². The number of rotatable bonds is 4. The van der Waals surface area contributed by atoms with E-state index in [1.54, 1.807) is 20.1 Å². The van der Waals surface area contributed by atoms with Crippen molar-refractivity contribution < 1.29 is 27.5 Å². The van der Waals surface area contributed by atoms with E-state index in [9.17, 15) is 13.6 Å². The maximum Gasteiger partial charge on any atom is 0.586 e. The number of hydrogen-bond acceptors (Lipinski definition) is 6. The molecule has 150 valence electrons. The summed E-state index contributed by atoms with van der Waals surface area (Å²) in [6, 6.07) is 2.88. The van der Waals surface area contributed by atoms with Crippen molar-refractivity contribution in [2.75, 3.05) is 5.32 Å². The zero-order valence-corrected chi connectivity index (χ0v) is 15.9. The minimum absolute atomic E-state index is 0.0321. The number of halogens is 2. The molecule has 3 aromatic rings. The van der Waals surface area contributed by atoms with Gasteiger partial charge in [-0.1, -0.05) is 6.92 Å². The van der Waals surface area contributed by atoms with Gasteiger partial charge in [0.2, 0.25) is 0 Å². The molecule has 1 aromatic carbocycles. The van der Waals surface area contributed by atoms with E-state index in [2.05, 4.69) is 24.8 Å². The van der Waals surface area contributed by atoms with Crippen LogP contribution in [0.1, 0.15) is 34.2 Å². The Kier molecular flexibility index (Phi) is 4.45. The van der Waals surface area contributed by atoms with Gasteiger partial charge in [0.05, 0.1) is 29.9 Å². The molecule has 0 fully saturated rings. The predicted octanol–water partition coefficient (Wildman–Crippen LogP) is 4.49. The van der Waals surface area contributed by atoms with Gasteiger partial charge >= 0.3 is 6.29 Å². The number of aromatic nitrogens is 2. The monoisotopic (exact) mass is 401 g/mol. The van der Waals surface area contributed by atoms with E-state index in [0.717, 1.165) is 5.56 Å². The molecule has 0 saturated carbocycles. The molecule has 0 aliphatic carbocycles. The SMILES string of the molecule is CCc1coc(C)c1C(=O)Nc1cnc(-c2cc3c(cc2C)OC(F)(F)O3)cn1. The number of fused-ring (bicyclic) bond motifs is 1. The van der Waals surface area contributed by atoms with E-state index in [0.29, 0.717) is 34.6 Å². The predicted molar refractivity (Wildman–Crippen MR) is 99.2 cm³/mol. The largest absolute Gasteiger partial charge is 0.586 e. The summed E-state index contributed by atoms with van der Waals surface area (Å²) < 4.78 is 40.8. The number of ether oxygens (including phenoxy) is 2. The van der Waals surface area contributed by atoms with Crippen LogP contribution in [-0.4, -0.2) is 22.2 Å². The van der Waals surface area contributed by atoms with Crippen LogP contribution in [0.4, 0.5) is 14.6 Å². The van der Waals surface area contributed by atoms with Crippen LogP contribution in [0.5, 0.6) is 11.5 Å². The first-order valence-corrected chi connectivity index (χ1v) is 8.88. The Labute approximate surface area is 164 Å². The van der Waals surface area contributed by atoms with Gasteiger partial charge in [-0.3, -0.25) is 9.78 Å². The fourth-order valence-corrected chi connectivity index (χ4v) is 3.15. The van der Waals surface area contributed by atoms with Gasteiger partial charge in [0.15, 0.2) is 17.3 Å². The first-order valence-electron chi connectivity index (χ1n) is 8.88.